The number of rotatable bonds is 5. The third kappa shape index (κ3) is 3.51. The monoisotopic (exact) mass is 353 g/mol. The normalized spacial score (nSPS) is 23.2. The Balaban J connectivity index is 1.48. The molecule has 2 aromatic heterocycles. The lowest BCUT2D eigenvalue weighted by Crippen LogP contribution is -2.44. The van der Waals surface area contributed by atoms with Crippen LogP contribution >= 0.6 is 0 Å². The molecule has 3 saturated heterocycles. The second-order valence-electron chi connectivity index (χ2n) is 7.51. The van der Waals surface area contributed by atoms with Gasteiger partial charge in [0.1, 0.15) is 5.82 Å². The van der Waals surface area contributed by atoms with E-state index in [1.807, 2.05) is 18.3 Å². The first-order valence-electron chi connectivity index (χ1n) is 9.68. The number of pyridine rings is 1. The molecule has 5 heterocycles. The Labute approximate surface area is 154 Å². The summed E-state index contributed by atoms with van der Waals surface area (Å²) < 4.78 is 2.26. The molecule has 3 aliphatic rings. The van der Waals surface area contributed by atoms with Gasteiger partial charge in [-0.2, -0.15) is 0 Å². The van der Waals surface area contributed by atoms with Crippen molar-refractivity contribution in [2.24, 2.45) is 5.92 Å². The minimum atomic E-state index is 0.138. The van der Waals surface area contributed by atoms with E-state index in [1.165, 1.54) is 12.8 Å². The average molecular weight is 353 g/mol. The van der Waals surface area contributed by atoms with Gasteiger partial charge >= 0.3 is 0 Å². The fourth-order valence-electron chi connectivity index (χ4n) is 4.33. The zero-order valence-corrected chi connectivity index (χ0v) is 15.4. The fraction of sp³-hybridized carbons (Fsp3) is 0.550. The molecule has 2 aromatic rings. The van der Waals surface area contributed by atoms with E-state index in [4.69, 9.17) is 0 Å². The first-order valence-corrected chi connectivity index (χ1v) is 9.68. The number of hydrogen-bond donors (Lipinski definition) is 0. The van der Waals surface area contributed by atoms with Gasteiger partial charge in [-0.05, 0) is 37.3 Å². The van der Waals surface area contributed by atoms with Gasteiger partial charge in [0.15, 0.2) is 0 Å². The molecule has 6 nitrogen and oxygen atoms in total. The Morgan fingerprint density at radius 2 is 2.00 bits per heavy atom. The zero-order valence-electron chi connectivity index (χ0n) is 15.4. The van der Waals surface area contributed by atoms with Gasteiger partial charge in [0.2, 0.25) is 0 Å². The van der Waals surface area contributed by atoms with Crippen molar-refractivity contribution in [2.45, 2.75) is 45.3 Å². The summed E-state index contributed by atoms with van der Waals surface area (Å²) in [6.07, 6.45) is 10.9. The van der Waals surface area contributed by atoms with E-state index in [-0.39, 0.29) is 5.91 Å². The summed E-state index contributed by atoms with van der Waals surface area (Å²) >= 11 is 0. The van der Waals surface area contributed by atoms with Crippen molar-refractivity contribution >= 4 is 5.91 Å². The maximum Gasteiger partial charge on any atom is 0.254 e. The number of aryl methyl sites for hydroxylation is 1. The van der Waals surface area contributed by atoms with Crippen LogP contribution in [-0.2, 0) is 13.1 Å². The van der Waals surface area contributed by atoms with E-state index >= 15 is 0 Å². The Bertz CT molecular complexity index is 744. The maximum absolute atomic E-state index is 12.9. The number of carbonyl (C=O) groups excluding carboxylic acids is 1. The number of fused-ring (bicyclic) bond motifs is 4. The van der Waals surface area contributed by atoms with Crippen LogP contribution in [0.15, 0.2) is 36.9 Å². The summed E-state index contributed by atoms with van der Waals surface area (Å²) in [6.45, 7) is 6.82. The van der Waals surface area contributed by atoms with E-state index in [2.05, 4.69) is 37.5 Å². The molecule has 26 heavy (non-hydrogen) atoms. The number of aromatic nitrogens is 3. The van der Waals surface area contributed by atoms with Gasteiger partial charge in [-0.3, -0.25) is 14.7 Å². The number of imidazole rings is 1. The van der Waals surface area contributed by atoms with Gasteiger partial charge < -0.3 is 9.47 Å². The smallest absolute Gasteiger partial charge is 0.254 e. The van der Waals surface area contributed by atoms with E-state index in [0.29, 0.717) is 12.0 Å². The summed E-state index contributed by atoms with van der Waals surface area (Å²) in [6, 6.07) is 4.05. The molecule has 0 N–H and O–H groups in total. The van der Waals surface area contributed by atoms with Gasteiger partial charge in [0.25, 0.3) is 5.91 Å². The Hall–Kier alpha value is -2.21. The third-order valence-corrected chi connectivity index (χ3v) is 5.65. The van der Waals surface area contributed by atoms with E-state index in [0.717, 1.165) is 50.5 Å². The van der Waals surface area contributed by atoms with Crippen LogP contribution < -0.4 is 0 Å². The molecule has 2 bridgehead atoms. The molecule has 0 radical (unpaired) electrons. The molecule has 0 saturated carbocycles. The summed E-state index contributed by atoms with van der Waals surface area (Å²) in [5.74, 6) is 1.83. The maximum atomic E-state index is 12.9. The van der Waals surface area contributed by atoms with Crippen molar-refractivity contribution in [1.29, 1.82) is 0 Å². The molecular weight excluding hydrogens is 326 g/mol. The Kier molecular flexibility index (Phi) is 5.02. The first-order chi connectivity index (χ1) is 12.7. The van der Waals surface area contributed by atoms with E-state index < -0.39 is 0 Å². The van der Waals surface area contributed by atoms with Crippen molar-refractivity contribution in [1.82, 2.24) is 24.3 Å². The van der Waals surface area contributed by atoms with Crippen molar-refractivity contribution in [3.63, 3.8) is 0 Å². The van der Waals surface area contributed by atoms with Crippen LogP contribution in [0, 0.1) is 5.92 Å². The number of amides is 1. The number of nitrogens with zero attached hydrogens (tertiary/aromatic N) is 5. The lowest BCUT2D eigenvalue weighted by molar-refractivity contribution is 0.0734. The minimum Gasteiger partial charge on any atom is -0.337 e. The first kappa shape index (κ1) is 17.2. The van der Waals surface area contributed by atoms with E-state index in [1.54, 1.807) is 12.4 Å². The topological polar surface area (TPSA) is 54.3 Å². The van der Waals surface area contributed by atoms with E-state index in [9.17, 15) is 4.79 Å². The molecule has 0 spiro atoms. The minimum absolute atomic E-state index is 0.138. The molecular formula is C20H27N5O. The van der Waals surface area contributed by atoms with Gasteiger partial charge in [-0.15, -0.1) is 0 Å². The predicted molar refractivity (Wildman–Crippen MR) is 99.6 cm³/mol. The highest BCUT2D eigenvalue weighted by molar-refractivity contribution is 5.94. The quantitative estimate of drug-likeness (QED) is 0.828. The summed E-state index contributed by atoms with van der Waals surface area (Å²) in [7, 11) is 0. The van der Waals surface area contributed by atoms with Crippen molar-refractivity contribution in [2.75, 3.05) is 19.6 Å². The van der Waals surface area contributed by atoms with Crippen LogP contribution in [0.25, 0.3) is 0 Å². The summed E-state index contributed by atoms with van der Waals surface area (Å²) in [5, 5.41) is 0. The average Bonchev–Trinajstić information content (AvgIpc) is 2.90. The second kappa shape index (κ2) is 7.58. The molecule has 0 unspecified atom stereocenters. The zero-order chi connectivity index (χ0) is 17.9. The lowest BCUT2D eigenvalue weighted by Gasteiger charge is -2.35. The Morgan fingerprint density at radius 3 is 2.81 bits per heavy atom. The SMILES string of the molecule is CCCn1ccnc1CN1C[C@H]2CC[C@@H]1CN(C(=O)c1ccncc1)C2. The molecule has 0 aromatic carbocycles. The highest BCUT2D eigenvalue weighted by Crippen LogP contribution is 2.29. The fourth-order valence-corrected chi connectivity index (χ4v) is 4.33. The molecule has 3 fully saturated rings. The lowest BCUT2D eigenvalue weighted by atomic mass is 9.95. The molecule has 1 amide bonds. The van der Waals surface area contributed by atoms with Crippen LogP contribution in [0.1, 0.15) is 42.4 Å². The van der Waals surface area contributed by atoms with Gasteiger partial charge in [0, 0.05) is 62.6 Å². The van der Waals surface area contributed by atoms with Crippen molar-refractivity contribution in [3.8, 4) is 0 Å². The van der Waals surface area contributed by atoms with Gasteiger partial charge in [-0.25, -0.2) is 4.98 Å². The van der Waals surface area contributed by atoms with Crippen LogP contribution in [0.5, 0.6) is 0 Å². The highest BCUT2D eigenvalue weighted by atomic mass is 16.2. The molecule has 2 atom stereocenters. The molecule has 3 aliphatic heterocycles. The number of piperidine rings is 1. The number of hydrogen-bond acceptors (Lipinski definition) is 4. The van der Waals surface area contributed by atoms with Crippen LogP contribution in [-0.4, -0.2) is 55.9 Å². The molecule has 138 valence electrons. The second-order valence-corrected chi connectivity index (χ2v) is 7.51. The van der Waals surface area contributed by atoms with Gasteiger partial charge in [0.05, 0.1) is 6.54 Å². The highest BCUT2D eigenvalue weighted by Gasteiger charge is 2.37. The van der Waals surface area contributed by atoms with Crippen molar-refractivity contribution < 1.29 is 4.79 Å². The van der Waals surface area contributed by atoms with Crippen molar-refractivity contribution in [3.05, 3.63) is 48.3 Å². The molecule has 5 rings (SSSR count). The summed E-state index contributed by atoms with van der Waals surface area (Å²) in [5.41, 5.74) is 0.742. The third-order valence-electron chi connectivity index (χ3n) is 5.65. The largest absolute Gasteiger partial charge is 0.337 e. The Morgan fingerprint density at radius 1 is 1.15 bits per heavy atom. The van der Waals surface area contributed by atoms with Crippen LogP contribution in [0.2, 0.25) is 0 Å². The standard InChI is InChI=1S/C20H27N5O/c1-2-10-23-11-9-22-19(23)15-24-12-16-3-4-18(24)14-25(13-16)20(26)17-5-7-21-8-6-17/h5-9,11,16,18H,2-4,10,12-15H2,1H3/t16-,18-/m1/s1. The summed E-state index contributed by atoms with van der Waals surface area (Å²) in [4.78, 5) is 26.1. The molecule has 6 heteroatoms. The van der Waals surface area contributed by atoms with Crippen LogP contribution in [0.3, 0.4) is 0 Å². The van der Waals surface area contributed by atoms with Gasteiger partial charge in [-0.1, -0.05) is 6.92 Å². The van der Waals surface area contributed by atoms with Crippen LogP contribution in [0.4, 0.5) is 0 Å². The molecule has 0 aliphatic carbocycles. The predicted octanol–water partition coefficient (Wildman–Crippen LogP) is 2.42. The number of carbonyl (C=O) groups is 1.